The smallest absolute Gasteiger partial charge is 0.251 e. The molecule has 0 bridgehead atoms. The van der Waals surface area contributed by atoms with E-state index in [4.69, 9.17) is 0 Å². The Morgan fingerprint density at radius 1 is 1.32 bits per heavy atom. The van der Waals surface area contributed by atoms with Crippen LogP contribution in [0, 0.1) is 0 Å². The van der Waals surface area contributed by atoms with Gasteiger partial charge >= 0.3 is 0 Å². The van der Waals surface area contributed by atoms with E-state index in [0.717, 1.165) is 37.9 Å². The van der Waals surface area contributed by atoms with Gasteiger partial charge < -0.3 is 10.6 Å². The van der Waals surface area contributed by atoms with E-state index in [9.17, 15) is 4.79 Å². The van der Waals surface area contributed by atoms with E-state index in [1.54, 1.807) is 0 Å². The average Bonchev–Trinajstić information content (AvgIpc) is 2.80. The topological polar surface area (TPSA) is 41.1 Å². The van der Waals surface area contributed by atoms with Crippen LogP contribution in [0.15, 0.2) is 18.2 Å². The van der Waals surface area contributed by atoms with Crippen molar-refractivity contribution in [2.45, 2.75) is 51.2 Å². The van der Waals surface area contributed by atoms with Crippen molar-refractivity contribution in [1.29, 1.82) is 0 Å². The van der Waals surface area contributed by atoms with Gasteiger partial charge in [-0.25, -0.2) is 0 Å². The van der Waals surface area contributed by atoms with Crippen molar-refractivity contribution < 1.29 is 4.79 Å². The molecule has 19 heavy (non-hydrogen) atoms. The van der Waals surface area contributed by atoms with Gasteiger partial charge in [-0.1, -0.05) is 13.0 Å². The summed E-state index contributed by atoms with van der Waals surface area (Å²) in [4.78, 5) is 12.3. The Balaban J connectivity index is 0.00000133. The maximum Gasteiger partial charge on any atom is 0.251 e. The second-order valence-electron chi connectivity index (χ2n) is 5.53. The van der Waals surface area contributed by atoms with Crippen molar-refractivity contribution in [3.8, 4) is 0 Å². The van der Waals surface area contributed by atoms with Gasteiger partial charge in [-0.2, -0.15) is 0 Å². The van der Waals surface area contributed by atoms with Crippen LogP contribution in [-0.2, 0) is 13.1 Å². The van der Waals surface area contributed by atoms with Gasteiger partial charge in [0.15, 0.2) is 0 Å². The van der Waals surface area contributed by atoms with Gasteiger partial charge in [0.05, 0.1) is 0 Å². The number of carbonyl (C=O) groups is 1. The summed E-state index contributed by atoms with van der Waals surface area (Å²) in [6.45, 7) is 3.97. The molecule has 1 amide bonds. The van der Waals surface area contributed by atoms with E-state index in [2.05, 4.69) is 23.6 Å². The molecule has 2 aliphatic rings. The first-order valence-corrected chi connectivity index (χ1v) is 6.87. The molecule has 1 heterocycles. The third-order valence-electron chi connectivity index (χ3n) is 4.47. The summed E-state index contributed by atoms with van der Waals surface area (Å²) >= 11 is 0. The minimum absolute atomic E-state index is 0. The summed E-state index contributed by atoms with van der Waals surface area (Å²) in [6, 6.07) is 6.06. The number of hydrogen-bond acceptors (Lipinski definition) is 2. The van der Waals surface area contributed by atoms with Gasteiger partial charge in [0, 0.05) is 24.2 Å². The van der Waals surface area contributed by atoms with Crippen LogP contribution in [0.1, 0.15) is 54.1 Å². The number of hydrogen-bond donors (Lipinski definition) is 2. The van der Waals surface area contributed by atoms with E-state index in [-0.39, 0.29) is 23.9 Å². The molecule has 4 heteroatoms. The van der Waals surface area contributed by atoms with Crippen LogP contribution in [0.25, 0.3) is 0 Å². The zero-order chi connectivity index (χ0) is 12.6. The maximum atomic E-state index is 12.3. The number of carbonyl (C=O) groups excluding carboxylic acids is 1. The standard InChI is InChI=1S/C15H20N2O.ClH/c1-2-15(6-3-7-15)17-14(18)11-4-5-12-9-16-10-13(12)8-11;/h4-5,8,16H,2-3,6-7,9-10H2,1H3,(H,17,18);1H. The Kier molecular flexibility index (Phi) is 4.16. The zero-order valence-corrected chi connectivity index (χ0v) is 12.1. The number of halogens is 1. The van der Waals surface area contributed by atoms with E-state index in [1.807, 2.05) is 12.1 Å². The van der Waals surface area contributed by atoms with Crippen molar-refractivity contribution in [2.75, 3.05) is 0 Å². The van der Waals surface area contributed by atoms with E-state index in [0.29, 0.717) is 0 Å². The normalized spacial score (nSPS) is 19.0. The summed E-state index contributed by atoms with van der Waals surface area (Å²) < 4.78 is 0. The average molecular weight is 281 g/mol. The SMILES string of the molecule is CCC1(NC(=O)c2ccc3c(c2)CNC3)CCC1.Cl. The molecule has 1 aromatic carbocycles. The molecule has 0 atom stereocenters. The van der Waals surface area contributed by atoms with Gasteiger partial charge in [-0.3, -0.25) is 4.79 Å². The number of benzene rings is 1. The van der Waals surface area contributed by atoms with Gasteiger partial charge in [-0.15, -0.1) is 12.4 Å². The number of fused-ring (bicyclic) bond motifs is 1. The van der Waals surface area contributed by atoms with Crippen molar-refractivity contribution >= 4 is 18.3 Å². The van der Waals surface area contributed by atoms with Gasteiger partial charge in [-0.05, 0) is 48.9 Å². The first kappa shape index (κ1) is 14.4. The molecule has 0 unspecified atom stereocenters. The fraction of sp³-hybridized carbons (Fsp3) is 0.533. The quantitative estimate of drug-likeness (QED) is 0.894. The summed E-state index contributed by atoms with van der Waals surface area (Å²) in [5, 5.41) is 6.53. The van der Waals surface area contributed by atoms with Crippen molar-refractivity contribution in [1.82, 2.24) is 10.6 Å². The van der Waals surface area contributed by atoms with Crippen LogP contribution in [0.2, 0.25) is 0 Å². The number of nitrogens with one attached hydrogen (secondary N) is 2. The monoisotopic (exact) mass is 280 g/mol. The highest BCUT2D eigenvalue weighted by Gasteiger charge is 2.36. The molecule has 2 N–H and O–H groups in total. The summed E-state index contributed by atoms with van der Waals surface area (Å²) in [5.74, 6) is 0.0891. The van der Waals surface area contributed by atoms with E-state index < -0.39 is 0 Å². The lowest BCUT2D eigenvalue weighted by Gasteiger charge is -2.42. The predicted octanol–water partition coefficient (Wildman–Crippen LogP) is 2.77. The molecule has 0 spiro atoms. The Labute approximate surface area is 120 Å². The molecule has 3 nitrogen and oxygen atoms in total. The molecule has 1 aromatic rings. The first-order valence-electron chi connectivity index (χ1n) is 6.87. The van der Waals surface area contributed by atoms with E-state index >= 15 is 0 Å². The van der Waals surface area contributed by atoms with Gasteiger partial charge in [0.1, 0.15) is 0 Å². The molecule has 0 radical (unpaired) electrons. The molecule has 104 valence electrons. The third-order valence-corrected chi connectivity index (χ3v) is 4.47. The lowest BCUT2D eigenvalue weighted by molar-refractivity contribution is 0.0820. The number of rotatable bonds is 3. The maximum absolute atomic E-state index is 12.3. The van der Waals surface area contributed by atoms with Crippen LogP contribution < -0.4 is 10.6 Å². The molecule has 1 aliphatic carbocycles. The van der Waals surface area contributed by atoms with Crippen LogP contribution in [-0.4, -0.2) is 11.4 Å². The molecular formula is C15H21ClN2O. The highest BCUT2D eigenvalue weighted by Crippen LogP contribution is 2.34. The Morgan fingerprint density at radius 2 is 2.05 bits per heavy atom. The zero-order valence-electron chi connectivity index (χ0n) is 11.3. The minimum atomic E-state index is 0. The third kappa shape index (κ3) is 2.63. The molecule has 1 fully saturated rings. The molecule has 1 aliphatic heterocycles. The van der Waals surface area contributed by atoms with Crippen molar-refractivity contribution in [3.05, 3.63) is 34.9 Å². The summed E-state index contributed by atoms with van der Waals surface area (Å²) in [5.41, 5.74) is 3.47. The molecule has 0 saturated heterocycles. The van der Waals surface area contributed by atoms with Crippen LogP contribution in [0.4, 0.5) is 0 Å². The molecule has 1 saturated carbocycles. The predicted molar refractivity (Wildman–Crippen MR) is 78.6 cm³/mol. The van der Waals surface area contributed by atoms with E-state index in [1.165, 1.54) is 17.5 Å². The Morgan fingerprint density at radius 3 is 2.68 bits per heavy atom. The van der Waals surface area contributed by atoms with Crippen LogP contribution in [0.3, 0.4) is 0 Å². The highest BCUT2D eigenvalue weighted by atomic mass is 35.5. The van der Waals surface area contributed by atoms with Crippen molar-refractivity contribution in [3.63, 3.8) is 0 Å². The molecule has 0 aromatic heterocycles. The molecular weight excluding hydrogens is 260 g/mol. The fourth-order valence-corrected chi connectivity index (χ4v) is 2.92. The second kappa shape index (κ2) is 5.51. The highest BCUT2D eigenvalue weighted by molar-refractivity contribution is 5.95. The van der Waals surface area contributed by atoms with Crippen LogP contribution in [0.5, 0.6) is 0 Å². The Bertz CT molecular complexity index is 478. The number of amides is 1. The molecule has 3 rings (SSSR count). The van der Waals surface area contributed by atoms with Gasteiger partial charge in [0.25, 0.3) is 5.91 Å². The second-order valence-corrected chi connectivity index (χ2v) is 5.53. The first-order chi connectivity index (χ1) is 8.72. The van der Waals surface area contributed by atoms with Crippen LogP contribution >= 0.6 is 12.4 Å². The lowest BCUT2D eigenvalue weighted by Crippen LogP contribution is -2.52. The minimum Gasteiger partial charge on any atom is -0.347 e. The summed E-state index contributed by atoms with van der Waals surface area (Å²) in [6.07, 6.45) is 4.52. The lowest BCUT2D eigenvalue weighted by atomic mass is 9.74. The fourth-order valence-electron chi connectivity index (χ4n) is 2.92. The summed E-state index contributed by atoms with van der Waals surface area (Å²) in [7, 11) is 0. The largest absolute Gasteiger partial charge is 0.347 e. The van der Waals surface area contributed by atoms with Gasteiger partial charge in [0.2, 0.25) is 0 Å². The Hall–Kier alpha value is -1.06. The van der Waals surface area contributed by atoms with Crippen molar-refractivity contribution in [2.24, 2.45) is 0 Å².